The normalized spacial score (nSPS) is 19.6. The minimum absolute atomic E-state index is 0.107. The van der Waals surface area contributed by atoms with Gasteiger partial charge in [-0.25, -0.2) is 8.87 Å². The molecule has 0 fully saturated rings. The molecule has 1 aromatic rings. The van der Waals surface area contributed by atoms with E-state index in [2.05, 4.69) is 6.58 Å². The molecule has 0 radical (unpaired) electrons. The zero-order valence-corrected chi connectivity index (χ0v) is 17.5. The molecular formula is C18H16Cl3F4N2O2+. The fourth-order valence-corrected chi connectivity index (χ4v) is 4.22. The zero-order chi connectivity index (χ0) is 22.1. The number of alkyl halides is 3. The minimum Gasteiger partial charge on any atom is -0.378 e. The Morgan fingerprint density at radius 1 is 1.31 bits per heavy atom. The van der Waals surface area contributed by atoms with Crippen LogP contribution < -0.4 is 10.3 Å². The summed E-state index contributed by atoms with van der Waals surface area (Å²) in [5.41, 5.74) is 0.182. The molecule has 1 atom stereocenters. The summed E-state index contributed by atoms with van der Waals surface area (Å²) in [6, 6.07) is 1.85. The summed E-state index contributed by atoms with van der Waals surface area (Å²) in [7, 11) is 0. The Bertz CT molecular complexity index is 928. The highest BCUT2D eigenvalue weighted by molar-refractivity contribution is 6.42. The first-order chi connectivity index (χ1) is 13.4. The van der Waals surface area contributed by atoms with Gasteiger partial charge in [0.2, 0.25) is 16.8 Å². The molecule has 1 aliphatic heterocycles. The summed E-state index contributed by atoms with van der Waals surface area (Å²) in [5.74, 6) is -1.74. The largest absolute Gasteiger partial charge is 0.469 e. The lowest BCUT2D eigenvalue weighted by molar-refractivity contribution is -0.846. The third kappa shape index (κ3) is 4.26. The predicted octanol–water partition coefficient (Wildman–Crippen LogP) is 5.87. The van der Waals surface area contributed by atoms with Crippen LogP contribution in [0.4, 0.5) is 17.6 Å². The molecule has 0 saturated heterocycles. The van der Waals surface area contributed by atoms with E-state index in [-0.39, 0.29) is 40.2 Å². The number of hydrogen-bond acceptors (Lipinski definition) is 2. The number of allylic oxidation sites excluding steroid dienone is 3. The smallest absolute Gasteiger partial charge is 0.378 e. The van der Waals surface area contributed by atoms with Crippen molar-refractivity contribution in [3.05, 3.63) is 57.1 Å². The van der Waals surface area contributed by atoms with E-state index in [1.54, 1.807) is 0 Å². The van der Waals surface area contributed by atoms with Crippen LogP contribution in [0.1, 0.15) is 19.4 Å². The van der Waals surface area contributed by atoms with Gasteiger partial charge < -0.3 is 4.84 Å². The lowest BCUT2D eigenvalue weighted by Crippen LogP contribution is -2.47. The van der Waals surface area contributed by atoms with E-state index in [9.17, 15) is 22.4 Å². The average molecular weight is 475 g/mol. The molecule has 1 unspecified atom stereocenters. The second kappa shape index (κ2) is 8.55. The van der Waals surface area contributed by atoms with E-state index < -0.39 is 33.1 Å². The number of rotatable bonds is 6. The molecule has 1 N–H and O–H groups in total. The highest BCUT2D eigenvalue weighted by atomic mass is 35.5. The van der Waals surface area contributed by atoms with E-state index >= 15 is 0 Å². The van der Waals surface area contributed by atoms with Crippen molar-refractivity contribution in [2.75, 3.05) is 13.1 Å². The molecule has 0 bridgehead atoms. The molecule has 0 spiro atoms. The Morgan fingerprint density at radius 3 is 2.41 bits per heavy atom. The number of hydrogen-bond donors (Lipinski definition) is 1. The molecule has 11 heteroatoms. The second-order valence-corrected chi connectivity index (χ2v) is 7.25. The van der Waals surface area contributed by atoms with Crippen molar-refractivity contribution < 1.29 is 31.7 Å². The fourth-order valence-electron chi connectivity index (χ4n) is 3.05. The molecule has 1 aromatic carbocycles. The van der Waals surface area contributed by atoms with Gasteiger partial charge in [-0.3, -0.25) is 4.79 Å². The molecule has 0 aromatic heterocycles. The maximum Gasteiger partial charge on any atom is 0.469 e. The molecule has 0 saturated carbocycles. The van der Waals surface area contributed by atoms with E-state index in [0.29, 0.717) is 0 Å². The molecule has 158 valence electrons. The summed E-state index contributed by atoms with van der Waals surface area (Å²) in [5, 5.41) is -1.28. The number of nitrogens with zero attached hydrogens (tertiary/aromatic N) is 1. The Hall–Kier alpha value is -1.74. The lowest BCUT2D eigenvalue weighted by Gasteiger charge is -2.34. The molecule has 4 nitrogen and oxygen atoms in total. The van der Waals surface area contributed by atoms with Crippen LogP contribution in [0.25, 0.3) is 5.57 Å². The molecule has 1 amide bonds. The summed E-state index contributed by atoms with van der Waals surface area (Å²) < 4.78 is 55.4. The van der Waals surface area contributed by atoms with Crippen LogP contribution in [0.15, 0.2) is 40.7 Å². The first kappa shape index (κ1) is 23.5. The van der Waals surface area contributed by atoms with Crippen LogP contribution in [-0.4, -0.2) is 29.7 Å². The Kier molecular flexibility index (Phi) is 6.94. The number of benzene rings is 1. The van der Waals surface area contributed by atoms with Gasteiger partial charge in [-0.15, -0.1) is 0 Å². The first-order valence-corrected chi connectivity index (χ1v) is 9.33. The van der Waals surface area contributed by atoms with Gasteiger partial charge in [0.25, 0.3) is 0 Å². The van der Waals surface area contributed by atoms with Gasteiger partial charge in [0.1, 0.15) is 17.4 Å². The standard InChI is InChI=1S/C18H15Cl3F4N2O2/c1-4-6-27(5-2)16(18(23,24)25)15(20)14(17(27)21)10-7-13(29-26-9(3)28)11(19)8-12(10)22/h4,7-8H,1,5-6H2,2-3H3/p+1. The van der Waals surface area contributed by atoms with Gasteiger partial charge in [-0.2, -0.15) is 18.7 Å². The molecule has 0 aliphatic carbocycles. The van der Waals surface area contributed by atoms with Crippen LogP contribution in [0.3, 0.4) is 0 Å². The van der Waals surface area contributed by atoms with Gasteiger partial charge in [0.05, 0.1) is 17.1 Å². The van der Waals surface area contributed by atoms with E-state index in [4.69, 9.17) is 39.6 Å². The van der Waals surface area contributed by atoms with Crippen molar-refractivity contribution in [2.24, 2.45) is 0 Å². The topological polar surface area (TPSA) is 38.3 Å². The molecule has 2 rings (SSSR count). The van der Waals surface area contributed by atoms with Gasteiger partial charge in [-0.05, 0) is 36.7 Å². The van der Waals surface area contributed by atoms with Gasteiger partial charge in [0.15, 0.2) is 5.75 Å². The van der Waals surface area contributed by atoms with Crippen molar-refractivity contribution in [3.8, 4) is 5.75 Å². The number of nitrogens with one attached hydrogen (secondary N) is 1. The number of carbonyl (C=O) groups excluding carboxylic acids is 1. The van der Waals surface area contributed by atoms with Crippen molar-refractivity contribution in [1.82, 2.24) is 5.48 Å². The number of likely N-dealkylation sites (N-methyl/N-ethyl adjacent to an activating group) is 1. The molecule has 1 heterocycles. The molecule has 29 heavy (non-hydrogen) atoms. The van der Waals surface area contributed by atoms with Crippen LogP contribution in [0, 0.1) is 5.82 Å². The monoisotopic (exact) mass is 473 g/mol. The SMILES string of the molecule is C=CC[N+]1(CC)C(Cl)=C(c2cc(ONC(C)=O)c(Cl)cc2F)C(Cl)=C1C(F)(F)F. The van der Waals surface area contributed by atoms with Gasteiger partial charge in [-0.1, -0.05) is 29.8 Å². The number of halogens is 7. The molecule has 1 aliphatic rings. The van der Waals surface area contributed by atoms with Gasteiger partial charge >= 0.3 is 6.18 Å². The Morgan fingerprint density at radius 2 is 1.93 bits per heavy atom. The van der Waals surface area contributed by atoms with E-state index in [1.165, 1.54) is 13.0 Å². The summed E-state index contributed by atoms with van der Waals surface area (Å²) in [4.78, 5) is 16.0. The highest BCUT2D eigenvalue weighted by Crippen LogP contribution is 2.54. The number of carbonyl (C=O) groups is 1. The second-order valence-electron chi connectivity index (χ2n) is 6.10. The number of amides is 1. The maximum atomic E-state index is 14.7. The van der Waals surface area contributed by atoms with Crippen LogP contribution in [-0.2, 0) is 4.79 Å². The fraction of sp³-hybridized carbons (Fsp3) is 0.278. The van der Waals surface area contributed by atoms with E-state index in [1.807, 2.05) is 5.48 Å². The summed E-state index contributed by atoms with van der Waals surface area (Å²) >= 11 is 18.4. The summed E-state index contributed by atoms with van der Waals surface area (Å²) in [6.45, 7) is 5.83. The number of hydroxylamine groups is 1. The predicted molar refractivity (Wildman–Crippen MR) is 103 cm³/mol. The molecular weight excluding hydrogens is 459 g/mol. The van der Waals surface area contributed by atoms with Crippen molar-refractivity contribution in [2.45, 2.75) is 20.0 Å². The van der Waals surface area contributed by atoms with Crippen molar-refractivity contribution in [1.29, 1.82) is 0 Å². The van der Waals surface area contributed by atoms with Crippen molar-refractivity contribution in [3.63, 3.8) is 0 Å². The highest BCUT2D eigenvalue weighted by Gasteiger charge is 2.58. The maximum absolute atomic E-state index is 14.7. The average Bonchev–Trinajstić information content (AvgIpc) is 2.82. The van der Waals surface area contributed by atoms with Crippen LogP contribution >= 0.6 is 34.8 Å². The summed E-state index contributed by atoms with van der Waals surface area (Å²) in [6.07, 6.45) is -3.56. The lowest BCUT2D eigenvalue weighted by atomic mass is 10.1. The van der Waals surface area contributed by atoms with E-state index in [0.717, 1.165) is 19.1 Å². The quantitative estimate of drug-likeness (QED) is 0.184. The zero-order valence-electron chi connectivity index (χ0n) is 15.3. The minimum atomic E-state index is -4.84. The third-order valence-corrected chi connectivity index (χ3v) is 5.46. The van der Waals surface area contributed by atoms with Gasteiger partial charge in [0, 0.05) is 12.5 Å². The van der Waals surface area contributed by atoms with Crippen molar-refractivity contribution >= 4 is 46.3 Å². The van der Waals surface area contributed by atoms with Crippen LogP contribution in [0.2, 0.25) is 5.02 Å². The third-order valence-electron chi connectivity index (χ3n) is 4.28. The number of quaternary nitrogens is 1. The van der Waals surface area contributed by atoms with Crippen LogP contribution in [0.5, 0.6) is 5.75 Å². The Labute approximate surface area is 179 Å². The first-order valence-electron chi connectivity index (χ1n) is 8.19. The Balaban J connectivity index is 2.78.